The van der Waals surface area contributed by atoms with Crippen LogP contribution in [0.4, 0.5) is 5.69 Å². The number of carbonyl (C=O) groups is 2. The summed E-state index contributed by atoms with van der Waals surface area (Å²) >= 11 is 3.47. The zero-order chi connectivity index (χ0) is 19.3. The van der Waals surface area contributed by atoms with Gasteiger partial charge in [0, 0.05) is 17.6 Å². The molecule has 2 aromatic rings. The van der Waals surface area contributed by atoms with E-state index in [1.165, 1.54) is 16.9 Å². The number of imide groups is 1. The Hall–Kier alpha value is -2.40. The molecule has 0 bridgehead atoms. The Bertz CT molecular complexity index is 985. The highest BCUT2D eigenvalue weighted by Gasteiger charge is 2.48. The van der Waals surface area contributed by atoms with Gasteiger partial charge in [0.25, 0.3) is 11.8 Å². The highest BCUT2D eigenvalue weighted by atomic mass is 79.9. The van der Waals surface area contributed by atoms with Crippen LogP contribution in [-0.4, -0.2) is 22.8 Å². The van der Waals surface area contributed by atoms with Gasteiger partial charge in [0.1, 0.15) is 10.2 Å². The maximum atomic E-state index is 13.4. The molecule has 2 aliphatic heterocycles. The number of nitrogens with zero attached hydrogens (tertiary/aromatic N) is 2. The van der Waals surface area contributed by atoms with Crippen molar-refractivity contribution in [3.63, 3.8) is 0 Å². The van der Waals surface area contributed by atoms with Crippen molar-refractivity contribution in [1.82, 2.24) is 4.90 Å². The van der Waals surface area contributed by atoms with E-state index in [9.17, 15) is 9.59 Å². The van der Waals surface area contributed by atoms with Crippen LogP contribution in [-0.2, 0) is 16.1 Å². The summed E-state index contributed by atoms with van der Waals surface area (Å²) < 4.78 is 0.384. The number of amides is 2. The van der Waals surface area contributed by atoms with Crippen molar-refractivity contribution in [2.75, 3.05) is 4.90 Å². The molecule has 2 aromatic carbocycles. The molecule has 4 nitrogen and oxygen atoms in total. The molecular weight excluding hydrogens is 416 g/mol. The first-order valence-electron chi connectivity index (χ1n) is 9.85. The van der Waals surface area contributed by atoms with Gasteiger partial charge in [-0.05, 0) is 46.0 Å². The predicted octanol–water partition coefficient (Wildman–Crippen LogP) is 4.71. The van der Waals surface area contributed by atoms with E-state index in [1.54, 1.807) is 0 Å². The van der Waals surface area contributed by atoms with Gasteiger partial charge in [-0.25, -0.2) is 0 Å². The van der Waals surface area contributed by atoms with E-state index < -0.39 is 0 Å². The van der Waals surface area contributed by atoms with Crippen LogP contribution < -0.4 is 4.90 Å². The number of halogens is 1. The van der Waals surface area contributed by atoms with Crippen LogP contribution in [0.1, 0.15) is 42.7 Å². The molecule has 3 aliphatic rings. The van der Waals surface area contributed by atoms with Crippen molar-refractivity contribution in [1.29, 1.82) is 0 Å². The zero-order valence-electron chi connectivity index (χ0n) is 15.5. The van der Waals surface area contributed by atoms with Gasteiger partial charge in [-0.3, -0.25) is 14.5 Å². The van der Waals surface area contributed by atoms with E-state index in [2.05, 4.69) is 39.0 Å². The lowest BCUT2D eigenvalue weighted by molar-refractivity contribution is -0.138. The highest BCUT2D eigenvalue weighted by Crippen LogP contribution is 2.50. The smallest absolute Gasteiger partial charge is 0.279 e. The maximum Gasteiger partial charge on any atom is 0.279 e. The summed E-state index contributed by atoms with van der Waals surface area (Å²) in [4.78, 5) is 29.8. The van der Waals surface area contributed by atoms with Crippen molar-refractivity contribution >= 4 is 33.4 Å². The van der Waals surface area contributed by atoms with Crippen molar-refractivity contribution < 1.29 is 9.59 Å². The number of hydrogen-bond donors (Lipinski definition) is 0. The van der Waals surface area contributed by atoms with Gasteiger partial charge in [0.05, 0.1) is 6.54 Å². The molecule has 0 N–H and O–H groups in total. The topological polar surface area (TPSA) is 40.6 Å². The van der Waals surface area contributed by atoms with Gasteiger partial charge in [0.2, 0.25) is 0 Å². The Morgan fingerprint density at radius 2 is 1.61 bits per heavy atom. The van der Waals surface area contributed by atoms with E-state index in [0.29, 0.717) is 22.6 Å². The monoisotopic (exact) mass is 436 g/mol. The lowest BCUT2D eigenvalue weighted by atomic mass is 9.82. The number of para-hydroxylation sites is 1. The number of fused-ring (bicyclic) bond motifs is 3. The standard InChI is InChI=1S/C23H21BrN2O2/c24-20-21(23(28)25(22(20)27)14-15-8-2-1-3-9-15)26-18-12-6-4-10-16(18)17-11-5-7-13-19(17)26/h1-4,6,8-10,12,17,19H,5,7,11,13-14H2. The normalized spacial score (nSPS) is 24.0. The molecule has 0 spiro atoms. The molecule has 1 saturated carbocycles. The average molecular weight is 437 g/mol. The first kappa shape index (κ1) is 17.7. The van der Waals surface area contributed by atoms with Crippen LogP contribution in [0.5, 0.6) is 0 Å². The number of hydrogen-bond acceptors (Lipinski definition) is 3. The Labute approximate surface area is 173 Å². The van der Waals surface area contributed by atoms with Crippen LogP contribution in [0.15, 0.2) is 64.8 Å². The van der Waals surface area contributed by atoms with Crippen molar-refractivity contribution in [2.45, 2.75) is 44.2 Å². The first-order chi connectivity index (χ1) is 13.7. The minimum absolute atomic E-state index is 0.207. The van der Waals surface area contributed by atoms with Crippen LogP contribution in [0.25, 0.3) is 0 Å². The molecule has 5 rings (SSSR count). The lowest BCUT2D eigenvalue weighted by Crippen LogP contribution is -2.40. The van der Waals surface area contributed by atoms with E-state index in [-0.39, 0.29) is 17.9 Å². The van der Waals surface area contributed by atoms with Gasteiger partial charge in [-0.1, -0.05) is 61.4 Å². The largest absolute Gasteiger partial charge is 0.332 e. The molecule has 142 valence electrons. The zero-order valence-corrected chi connectivity index (χ0v) is 17.1. The third kappa shape index (κ3) is 2.64. The molecule has 2 amide bonds. The van der Waals surface area contributed by atoms with Gasteiger partial charge >= 0.3 is 0 Å². The number of rotatable bonds is 3. The van der Waals surface area contributed by atoms with Crippen LogP contribution in [0.3, 0.4) is 0 Å². The average Bonchev–Trinajstić information content (AvgIpc) is 3.16. The van der Waals surface area contributed by atoms with Gasteiger partial charge < -0.3 is 4.90 Å². The van der Waals surface area contributed by atoms with Crippen LogP contribution in [0.2, 0.25) is 0 Å². The number of benzene rings is 2. The van der Waals surface area contributed by atoms with Gasteiger partial charge in [0.15, 0.2) is 0 Å². The summed E-state index contributed by atoms with van der Waals surface area (Å²) in [6.45, 7) is 0.292. The summed E-state index contributed by atoms with van der Waals surface area (Å²) in [7, 11) is 0. The van der Waals surface area contributed by atoms with E-state index in [1.807, 2.05) is 36.4 Å². The van der Waals surface area contributed by atoms with Crippen molar-refractivity contribution in [2.24, 2.45) is 0 Å². The highest BCUT2D eigenvalue weighted by molar-refractivity contribution is 9.12. The SMILES string of the molecule is O=C1C(Br)=C(N2c3ccccc3C3CCCCC32)C(=O)N1Cc1ccccc1. The summed E-state index contributed by atoms with van der Waals surface area (Å²) in [5.41, 5.74) is 3.83. The molecule has 2 atom stereocenters. The third-order valence-corrected chi connectivity index (χ3v) is 6.88. The summed E-state index contributed by atoms with van der Waals surface area (Å²) in [5.74, 6) is -0.0221. The fourth-order valence-electron chi connectivity index (χ4n) is 4.92. The Balaban J connectivity index is 1.53. The van der Waals surface area contributed by atoms with E-state index in [4.69, 9.17) is 0 Å². The Kier molecular flexibility index (Phi) is 4.35. The molecule has 2 unspecified atom stereocenters. The second-order valence-corrected chi connectivity index (χ2v) is 8.52. The number of anilines is 1. The van der Waals surface area contributed by atoms with E-state index >= 15 is 0 Å². The molecule has 0 radical (unpaired) electrons. The molecule has 1 aliphatic carbocycles. The maximum absolute atomic E-state index is 13.4. The molecule has 0 aromatic heterocycles. The fourth-order valence-corrected chi connectivity index (χ4v) is 5.50. The first-order valence-corrected chi connectivity index (χ1v) is 10.6. The van der Waals surface area contributed by atoms with Crippen LogP contribution in [0, 0.1) is 0 Å². The molecule has 2 heterocycles. The molecule has 0 saturated heterocycles. The summed E-state index contributed by atoms with van der Waals surface area (Å²) in [5, 5.41) is 0. The second kappa shape index (κ2) is 6.89. The third-order valence-electron chi connectivity index (χ3n) is 6.17. The fraction of sp³-hybridized carbons (Fsp3) is 0.304. The number of carbonyl (C=O) groups excluding carboxylic acids is 2. The molecule has 1 fully saturated rings. The van der Waals surface area contributed by atoms with E-state index in [0.717, 1.165) is 30.5 Å². The summed E-state index contributed by atoms with van der Waals surface area (Å²) in [6, 6.07) is 18.3. The Morgan fingerprint density at radius 1 is 0.893 bits per heavy atom. The summed E-state index contributed by atoms with van der Waals surface area (Å²) in [6.07, 6.45) is 4.56. The van der Waals surface area contributed by atoms with Crippen molar-refractivity contribution in [3.05, 3.63) is 75.9 Å². The predicted molar refractivity (Wildman–Crippen MR) is 112 cm³/mol. The van der Waals surface area contributed by atoms with Crippen molar-refractivity contribution in [3.8, 4) is 0 Å². The minimum atomic E-state index is -0.249. The molecule has 5 heteroatoms. The molecule has 28 heavy (non-hydrogen) atoms. The minimum Gasteiger partial charge on any atom is -0.332 e. The Morgan fingerprint density at radius 3 is 2.43 bits per heavy atom. The van der Waals surface area contributed by atoms with Crippen LogP contribution >= 0.6 is 15.9 Å². The molecular formula is C23H21BrN2O2. The van der Waals surface area contributed by atoms with Gasteiger partial charge in [-0.2, -0.15) is 0 Å². The lowest BCUT2D eigenvalue weighted by Gasteiger charge is -2.33. The quantitative estimate of drug-likeness (QED) is 0.654. The second-order valence-electron chi connectivity index (χ2n) is 7.73. The van der Waals surface area contributed by atoms with Gasteiger partial charge in [-0.15, -0.1) is 0 Å².